The molecule has 0 spiro atoms. The van der Waals surface area contributed by atoms with Crippen LogP contribution >= 0.6 is 0 Å². The highest BCUT2D eigenvalue weighted by Gasteiger charge is 2.60. The number of β-lactam (4-membered cyclic amide) rings is 2. The second-order valence-electron chi connectivity index (χ2n) is 10.3. The predicted molar refractivity (Wildman–Crippen MR) is 126 cm³/mol. The maximum atomic E-state index is 12.9. The van der Waals surface area contributed by atoms with Crippen molar-refractivity contribution in [2.75, 3.05) is 36.0 Å². The fraction of sp³-hybridized carbons (Fsp3) is 0.462. The molecular formula is C26H32N4O2. The largest absolute Gasteiger partial charge is 0.295 e. The quantitative estimate of drug-likeness (QED) is 0.695. The van der Waals surface area contributed by atoms with Crippen LogP contribution in [0.25, 0.3) is 0 Å². The summed E-state index contributed by atoms with van der Waals surface area (Å²) in [6.07, 6.45) is 0.113. The number of nitrogens with zero attached hydrogens (tertiary/aromatic N) is 4. The van der Waals surface area contributed by atoms with Crippen LogP contribution in [0.1, 0.15) is 27.7 Å². The van der Waals surface area contributed by atoms with Crippen LogP contribution in [0.2, 0.25) is 0 Å². The van der Waals surface area contributed by atoms with Crippen molar-refractivity contribution in [1.29, 1.82) is 0 Å². The Kier molecular flexibility index (Phi) is 4.91. The second-order valence-corrected chi connectivity index (χ2v) is 10.3. The SMILES string of the molecule is CC1(C)C(=O)N(c2ccccc2)C1N1CCN(C2N(c3ccccc3)C(=O)C2(C)C)CC1. The molecule has 2 unspecified atom stereocenters. The molecule has 0 saturated carbocycles. The molecule has 2 atom stereocenters. The second kappa shape index (κ2) is 7.42. The van der Waals surface area contributed by atoms with Gasteiger partial charge in [0.2, 0.25) is 11.8 Å². The lowest BCUT2D eigenvalue weighted by atomic mass is 9.76. The smallest absolute Gasteiger partial charge is 0.237 e. The highest BCUT2D eigenvalue weighted by Crippen LogP contribution is 2.46. The maximum absolute atomic E-state index is 12.9. The van der Waals surface area contributed by atoms with E-state index in [0.717, 1.165) is 37.6 Å². The number of para-hydroxylation sites is 2. The zero-order chi connectivity index (χ0) is 22.7. The summed E-state index contributed by atoms with van der Waals surface area (Å²) in [5.74, 6) is 0.356. The first-order chi connectivity index (χ1) is 15.2. The summed E-state index contributed by atoms with van der Waals surface area (Å²) in [6.45, 7) is 11.7. The van der Waals surface area contributed by atoms with Crippen LogP contribution in [-0.4, -0.2) is 60.1 Å². The van der Waals surface area contributed by atoms with Gasteiger partial charge in [-0.1, -0.05) is 36.4 Å². The fourth-order valence-electron chi connectivity index (χ4n) is 5.74. The van der Waals surface area contributed by atoms with Crippen molar-refractivity contribution in [3.63, 3.8) is 0 Å². The summed E-state index contributed by atoms with van der Waals surface area (Å²) < 4.78 is 0. The molecule has 168 valence electrons. The molecule has 0 aromatic heterocycles. The molecule has 2 aromatic rings. The Labute approximate surface area is 190 Å². The Hall–Kier alpha value is -2.70. The molecule has 0 N–H and O–H groups in total. The average Bonchev–Trinajstić information content (AvgIpc) is 2.81. The monoisotopic (exact) mass is 432 g/mol. The molecule has 0 aliphatic carbocycles. The summed E-state index contributed by atoms with van der Waals surface area (Å²) in [5, 5.41) is 0. The van der Waals surface area contributed by atoms with Gasteiger partial charge in [0.05, 0.1) is 10.8 Å². The van der Waals surface area contributed by atoms with Crippen LogP contribution in [0.5, 0.6) is 0 Å². The van der Waals surface area contributed by atoms with Crippen LogP contribution in [0.4, 0.5) is 11.4 Å². The molecule has 0 radical (unpaired) electrons. The Morgan fingerprint density at radius 3 is 1.22 bits per heavy atom. The lowest BCUT2D eigenvalue weighted by Crippen LogP contribution is -2.77. The number of piperazine rings is 1. The molecule has 6 heteroatoms. The number of carbonyl (C=O) groups excluding carboxylic acids is 2. The van der Waals surface area contributed by atoms with Crippen molar-refractivity contribution in [3.05, 3.63) is 60.7 Å². The van der Waals surface area contributed by atoms with Crippen molar-refractivity contribution in [2.45, 2.75) is 40.0 Å². The minimum absolute atomic E-state index is 0.0563. The Balaban J connectivity index is 1.32. The van der Waals surface area contributed by atoms with Gasteiger partial charge in [0.1, 0.15) is 12.3 Å². The van der Waals surface area contributed by atoms with Gasteiger partial charge in [-0.2, -0.15) is 0 Å². The van der Waals surface area contributed by atoms with E-state index in [0.29, 0.717) is 0 Å². The molecule has 5 rings (SSSR count). The molecule has 6 nitrogen and oxygen atoms in total. The van der Waals surface area contributed by atoms with Crippen LogP contribution in [0, 0.1) is 10.8 Å². The topological polar surface area (TPSA) is 47.1 Å². The number of amides is 2. The number of anilines is 2. The molecule has 3 fully saturated rings. The van der Waals surface area contributed by atoms with Crippen LogP contribution in [0.15, 0.2) is 60.7 Å². The third-order valence-electron chi connectivity index (χ3n) is 7.43. The molecule has 3 saturated heterocycles. The fourth-order valence-corrected chi connectivity index (χ4v) is 5.74. The lowest BCUT2D eigenvalue weighted by Gasteiger charge is -2.61. The van der Waals surface area contributed by atoms with Crippen molar-refractivity contribution >= 4 is 23.2 Å². The summed E-state index contributed by atoms with van der Waals surface area (Å²) in [5.41, 5.74) is 1.12. The first kappa shape index (κ1) is 21.2. The van der Waals surface area contributed by atoms with Gasteiger partial charge >= 0.3 is 0 Å². The Morgan fingerprint density at radius 2 is 0.906 bits per heavy atom. The van der Waals surface area contributed by atoms with Crippen molar-refractivity contribution in [1.82, 2.24) is 9.80 Å². The van der Waals surface area contributed by atoms with Crippen molar-refractivity contribution in [3.8, 4) is 0 Å². The van der Waals surface area contributed by atoms with Crippen LogP contribution in [0.3, 0.4) is 0 Å². The van der Waals surface area contributed by atoms with Gasteiger partial charge in [-0.3, -0.25) is 29.2 Å². The molecule has 2 aromatic carbocycles. The van der Waals surface area contributed by atoms with Gasteiger partial charge in [0, 0.05) is 37.6 Å². The first-order valence-corrected chi connectivity index (χ1v) is 11.5. The van der Waals surface area contributed by atoms with E-state index >= 15 is 0 Å². The van der Waals surface area contributed by atoms with Gasteiger partial charge < -0.3 is 0 Å². The predicted octanol–water partition coefficient (Wildman–Crippen LogP) is 3.40. The van der Waals surface area contributed by atoms with E-state index in [9.17, 15) is 9.59 Å². The zero-order valence-electron chi connectivity index (χ0n) is 19.4. The lowest BCUT2D eigenvalue weighted by molar-refractivity contribution is -0.151. The van der Waals surface area contributed by atoms with Crippen molar-refractivity contribution < 1.29 is 9.59 Å². The molecular weight excluding hydrogens is 400 g/mol. The van der Waals surface area contributed by atoms with E-state index < -0.39 is 10.8 Å². The number of hydrogen-bond acceptors (Lipinski definition) is 4. The van der Waals surface area contributed by atoms with Crippen molar-refractivity contribution in [2.24, 2.45) is 10.8 Å². The Morgan fingerprint density at radius 1 is 0.594 bits per heavy atom. The van der Waals surface area contributed by atoms with Gasteiger partial charge in [-0.05, 0) is 52.0 Å². The maximum Gasteiger partial charge on any atom is 0.237 e. The van der Waals surface area contributed by atoms with E-state index in [2.05, 4.69) is 37.5 Å². The van der Waals surface area contributed by atoms with E-state index in [1.807, 2.05) is 70.5 Å². The van der Waals surface area contributed by atoms with E-state index in [4.69, 9.17) is 0 Å². The number of rotatable bonds is 4. The molecule has 3 heterocycles. The van der Waals surface area contributed by atoms with E-state index in [-0.39, 0.29) is 24.1 Å². The molecule has 3 aliphatic rings. The Bertz CT molecular complexity index is 929. The number of carbonyl (C=O) groups is 2. The molecule has 0 bridgehead atoms. The molecule has 2 amide bonds. The van der Waals surface area contributed by atoms with Gasteiger partial charge in [-0.25, -0.2) is 0 Å². The van der Waals surface area contributed by atoms with E-state index in [1.54, 1.807) is 0 Å². The highest BCUT2D eigenvalue weighted by molar-refractivity contribution is 6.06. The van der Waals surface area contributed by atoms with Gasteiger partial charge in [0.25, 0.3) is 0 Å². The number of hydrogen-bond donors (Lipinski definition) is 0. The van der Waals surface area contributed by atoms with Gasteiger partial charge in [0.15, 0.2) is 0 Å². The minimum atomic E-state index is -0.403. The van der Waals surface area contributed by atoms with Crippen LogP contribution < -0.4 is 9.80 Å². The summed E-state index contributed by atoms with van der Waals surface area (Å²) in [7, 11) is 0. The standard InChI is InChI=1S/C26H32N4O2/c1-25(2)21(29(23(25)31)19-11-7-5-8-12-19)27-15-17-28(18-16-27)22-26(3,4)24(32)30(22)20-13-9-6-10-14-20/h5-14,21-22H,15-18H2,1-4H3. The molecule has 32 heavy (non-hydrogen) atoms. The summed E-state index contributed by atoms with van der Waals surface area (Å²) >= 11 is 0. The van der Waals surface area contributed by atoms with E-state index in [1.165, 1.54) is 0 Å². The van der Waals surface area contributed by atoms with Crippen LogP contribution in [-0.2, 0) is 9.59 Å². The molecule has 3 aliphatic heterocycles. The number of benzene rings is 2. The normalized spacial score (nSPS) is 27.8. The zero-order valence-corrected chi connectivity index (χ0v) is 19.4. The highest BCUT2D eigenvalue weighted by atomic mass is 16.2. The third kappa shape index (κ3) is 3.00. The average molecular weight is 433 g/mol. The third-order valence-corrected chi connectivity index (χ3v) is 7.43. The summed E-state index contributed by atoms with van der Waals surface area (Å²) in [4.78, 5) is 34.6. The minimum Gasteiger partial charge on any atom is -0.295 e. The summed E-state index contributed by atoms with van der Waals surface area (Å²) in [6, 6.07) is 19.9. The van der Waals surface area contributed by atoms with Gasteiger partial charge in [-0.15, -0.1) is 0 Å². The first-order valence-electron chi connectivity index (χ1n) is 11.5.